The lowest BCUT2D eigenvalue weighted by Crippen LogP contribution is -2.52. The van der Waals surface area contributed by atoms with Gasteiger partial charge in [-0.2, -0.15) is 0 Å². The lowest BCUT2D eigenvalue weighted by atomic mass is 10.0. The minimum Gasteiger partial charge on any atom is -0.478 e. The molecule has 0 amide bonds. The maximum absolute atomic E-state index is 11.1. The van der Waals surface area contributed by atoms with Gasteiger partial charge in [-0.1, -0.05) is 11.6 Å². The van der Waals surface area contributed by atoms with Crippen molar-refractivity contribution in [1.29, 1.82) is 0 Å². The number of benzene rings is 1. The highest BCUT2D eigenvalue weighted by atomic mass is 35.5. The summed E-state index contributed by atoms with van der Waals surface area (Å²) in [5.41, 5.74) is 0.727. The van der Waals surface area contributed by atoms with E-state index in [-0.39, 0.29) is 11.2 Å². The second-order valence-corrected chi connectivity index (χ2v) is 5.96. The summed E-state index contributed by atoms with van der Waals surface area (Å²) in [6.45, 7) is 5.25. The Bertz CT molecular complexity index is 518. The molecule has 5 nitrogen and oxygen atoms in total. The molecule has 0 aromatic heterocycles. The SMILES string of the molecule is COCC1(C)CN(Cc2cc(C(=O)O)ccc2Cl)CCO1. The molecule has 0 saturated carbocycles. The van der Waals surface area contributed by atoms with E-state index in [1.54, 1.807) is 19.2 Å². The predicted octanol–water partition coefficient (Wildman–Crippen LogP) is 2.28. The van der Waals surface area contributed by atoms with Crippen LogP contribution in [0, 0.1) is 0 Å². The van der Waals surface area contributed by atoms with Gasteiger partial charge >= 0.3 is 5.97 Å². The molecular weight excluding hydrogens is 294 g/mol. The fourth-order valence-electron chi connectivity index (χ4n) is 2.62. The van der Waals surface area contributed by atoms with Crippen LogP contribution in [0.15, 0.2) is 18.2 Å². The van der Waals surface area contributed by atoms with Gasteiger partial charge in [0, 0.05) is 31.8 Å². The molecule has 6 heteroatoms. The van der Waals surface area contributed by atoms with Gasteiger partial charge in [0.05, 0.1) is 18.8 Å². The van der Waals surface area contributed by atoms with Crippen LogP contribution in [0.2, 0.25) is 5.02 Å². The number of carbonyl (C=O) groups is 1. The Labute approximate surface area is 129 Å². The normalized spacial score (nSPS) is 23.2. The summed E-state index contributed by atoms with van der Waals surface area (Å²) < 4.78 is 11.0. The molecule has 1 aromatic rings. The number of hydrogen-bond acceptors (Lipinski definition) is 4. The summed E-state index contributed by atoms with van der Waals surface area (Å²) >= 11 is 6.18. The number of methoxy groups -OCH3 is 1. The molecule has 1 aromatic carbocycles. The second kappa shape index (κ2) is 6.75. The van der Waals surface area contributed by atoms with Crippen LogP contribution in [0.4, 0.5) is 0 Å². The van der Waals surface area contributed by atoms with Crippen molar-refractivity contribution >= 4 is 17.6 Å². The molecule has 1 N–H and O–H groups in total. The van der Waals surface area contributed by atoms with Crippen LogP contribution in [0.25, 0.3) is 0 Å². The molecule has 1 atom stereocenters. The number of carboxylic acid groups (broad SMARTS) is 1. The lowest BCUT2D eigenvalue weighted by Gasteiger charge is -2.40. The summed E-state index contributed by atoms with van der Waals surface area (Å²) in [6.07, 6.45) is 0. The van der Waals surface area contributed by atoms with Crippen LogP contribution in [-0.4, -0.2) is 55.0 Å². The van der Waals surface area contributed by atoms with Crippen molar-refractivity contribution in [2.24, 2.45) is 0 Å². The quantitative estimate of drug-likeness (QED) is 0.903. The summed E-state index contributed by atoms with van der Waals surface area (Å²) in [5, 5.41) is 9.65. The molecule has 1 aliphatic rings. The monoisotopic (exact) mass is 313 g/mol. The summed E-state index contributed by atoms with van der Waals surface area (Å²) in [6, 6.07) is 4.78. The zero-order chi connectivity index (χ0) is 15.5. The van der Waals surface area contributed by atoms with Crippen molar-refractivity contribution in [1.82, 2.24) is 4.90 Å². The molecule has 1 saturated heterocycles. The summed E-state index contributed by atoms with van der Waals surface area (Å²) in [4.78, 5) is 13.3. The third kappa shape index (κ3) is 4.17. The number of halogens is 1. The van der Waals surface area contributed by atoms with E-state index in [1.165, 1.54) is 6.07 Å². The van der Waals surface area contributed by atoms with Crippen LogP contribution in [-0.2, 0) is 16.0 Å². The minimum absolute atomic E-state index is 0.252. The Balaban J connectivity index is 2.10. The molecule has 1 aliphatic heterocycles. The molecule has 2 rings (SSSR count). The first-order valence-corrected chi connectivity index (χ1v) is 7.18. The Morgan fingerprint density at radius 2 is 2.33 bits per heavy atom. The van der Waals surface area contributed by atoms with E-state index in [1.807, 2.05) is 6.92 Å². The first kappa shape index (κ1) is 16.2. The molecule has 1 unspecified atom stereocenters. The van der Waals surface area contributed by atoms with E-state index in [9.17, 15) is 4.79 Å². The minimum atomic E-state index is -0.945. The van der Waals surface area contributed by atoms with E-state index in [0.29, 0.717) is 31.3 Å². The van der Waals surface area contributed by atoms with Gasteiger partial charge in [-0.05, 0) is 30.7 Å². The zero-order valence-electron chi connectivity index (χ0n) is 12.3. The third-order valence-electron chi connectivity index (χ3n) is 3.55. The van der Waals surface area contributed by atoms with Crippen molar-refractivity contribution in [3.63, 3.8) is 0 Å². The van der Waals surface area contributed by atoms with Crippen LogP contribution in [0.3, 0.4) is 0 Å². The topological polar surface area (TPSA) is 59.0 Å². The fraction of sp³-hybridized carbons (Fsp3) is 0.533. The van der Waals surface area contributed by atoms with Gasteiger partial charge in [0.1, 0.15) is 5.60 Å². The van der Waals surface area contributed by atoms with Crippen LogP contribution in [0.1, 0.15) is 22.8 Å². The first-order valence-electron chi connectivity index (χ1n) is 6.80. The van der Waals surface area contributed by atoms with Gasteiger partial charge in [-0.15, -0.1) is 0 Å². The third-order valence-corrected chi connectivity index (χ3v) is 3.92. The van der Waals surface area contributed by atoms with Gasteiger partial charge in [0.25, 0.3) is 0 Å². The van der Waals surface area contributed by atoms with E-state index in [4.69, 9.17) is 26.2 Å². The number of aromatic carboxylic acids is 1. The van der Waals surface area contributed by atoms with Gasteiger partial charge in [0.15, 0.2) is 0 Å². The molecule has 0 bridgehead atoms. The van der Waals surface area contributed by atoms with Crippen molar-refractivity contribution in [2.45, 2.75) is 19.1 Å². The van der Waals surface area contributed by atoms with Gasteiger partial charge in [0.2, 0.25) is 0 Å². The van der Waals surface area contributed by atoms with Crippen LogP contribution < -0.4 is 0 Å². The highest BCUT2D eigenvalue weighted by molar-refractivity contribution is 6.31. The number of morpholine rings is 1. The van der Waals surface area contributed by atoms with E-state index < -0.39 is 5.97 Å². The summed E-state index contributed by atoms with van der Waals surface area (Å²) in [5.74, 6) is -0.945. The maximum Gasteiger partial charge on any atom is 0.335 e. The van der Waals surface area contributed by atoms with Crippen molar-refractivity contribution in [3.05, 3.63) is 34.3 Å². The fourth-order valence-corrected chi connectivity index (χ4v) is 2.79. The van der Waals surface area contributed by atoms with Crippen LogP contribution >= 0.6 is 11.6 Å². The number of carboxylic acids is 1. The molecule has 116 valence electrons. The van der Waals surface area contributed by atoms with E-state index in [0.717, 1.165) is 12.1 Å². The van der Waals surface area contributed by atoms with Gasteiger partial charge < -0.3 is 14.6 Å². The molecule has 21 heavy (non-hydrogen) atoms. The molecule has 1 heterocycles. The average molecular weight is 314 g/mol. The van der Waals surface area contributed by atoms with Gasteiger partial charge in [-0.3, -0.25) is 4.90 Å². The largest absolute Gasteiger partial charge is 0.478 e. The average Bonchev–Trinajstić information content (AvgIpc) is 2.41. The number of hydrogen-bond donors (Lipinski definition) is 1. The number of nitrogens with zero attached hydrogens (tertiary/aromatic N) is 1. The zero-order valence-corrected chi connectivity index (χ0v) is 13.0. The molecule has 1 fully saturated rings. The molecule has 0 spiro atoms. The van der Waals surface area contributed by atoms with Crippen LogP contribution in [0.5, 0.6) is 0 Å². The van der Waals surface area contributed by atoms with E-state index >= 15 is 0 Å². The number of ether oxygens (including phenoxy) is 2. The van der Waals surface area contributed by atoms with Crippen molar-refractivity contribution in [3.8, 4) is 0 Å². The standard InChI is InChI=1S/C15H20ClNO4/c1-15(10-20-2)9-17(5-6-21-15)8-12-7-11(14(18)19)3-4-13(12)16/h3-4,7H,5-6,8-10H2,1-2H3,(H,18,19). The molecule has 0 radical (unpaired) electrons. The highest BCUT2D eigenvalue weighted by Gasteiger charge is 2.32. The smallest absolute Gasteiger partial charge is 0.335 e. The second-order valence-electron chi connectivity index (χ2n) is 5.55. The Kier molecular flexibility index (Phi) is 5.22. The Morgan fingerprint density at radius 3 is 3.00 bits per heavy atom. The Morgan fingerprint density at radius 1 is 1.57 bits per heavy atom. The summed E-state index contributed by atoms with van der Waals surface area (Å²) in [7, 11) is 1.65. The van der Waals surface area contributed by atoms with Gasteiger partial charge in [-0.25, -0.2) is 4.79 Å². The first-order chi connectivity index (χ1) is 9.93. The Hall–Kier alpha value is -1.14. The van der Waals surface area contributed by atoms with Crippen molar-refractivity contribution < 1.29 is 19.4 Å². The van der Waals surface area contributed by atoms with Crippen molar-refractivity contribution in [2.75, 3.05) is 33.4 Å². The lowest BCUT2D eigenvalue weighted by molar-refractivity contribution is -0.129. The highest BCUT2D eigenvalue weighted by Crippen LogP contribution is 2.23. The predicted molar refractivity (Wildman–Crippen MR) is 79.9 cm³/mol. The number of rotatable bonds is 5. The maximum atomic E-state index is 11.1. The molecular formula is C15H20ClNO4. The van der Waals surface area contributed by atoms with E-state index in [2.05, 4.69) is 4.90 Å². The molecule has 0 aliphatic carbocycles.